The first-order chi connectivity index (χ1) is 27.7. The summed E-state index contributed by atoms with van der Waals surface area (Å²) in [6.07, 6.45) is 0. The highest BCUT2D eigenvalue weighted by Gasteiger charge is 2.19. The zero-order valence-corrected chi connectivity index (χ0v) is 31.1. The van der Waals surface area contributed by atoms with Crippen LogP contribution >= 0.6 is 11.3 Å². The molecule has 56 heavy (non-hydrogen) atoms. The lowest BCUT2D eigenvalue weighted by Gasteiger charge is -2.26. The van der Waals surface area contributed by atoms with Crippen molar-refractivity contribution >= 4 is 48.6 Å². The van der Waals surface area contributed by atoms with Crippen molar-refractivity contribution in [2.75, 3.05) is 4.90 Å². The number of rotatable bonds is 8. The monoisotopic (exact) mass is 734 g/mol. The Bertz CT molecular complexity index is 2890. The van der Waals surface area contributed by atoms with Gasteiger partial charge in [-0.15, -0.1) is 11.3 Å². The molecule has 4 nitrogen and oxygen atoms in total. The predicted molar refractivity (Wildman–Crippen MR) is 235 cm³/mol. The molecule has 5 heteroatoms. The van der Waals surface area contributed by atoms with Crippen LogP contribution in [0.15, 0.2) is 206 Å². The molecular formula is C51H34N4S. The second-order valence-electron chi connectivity index (χ2n) is 13.7. The van der Waals surface area contributed by atoms with Crippen molar-refractivity contribution < 1.29 is 0 Å². The lowest BCUT2D eigenvalue weighted by Crippen LogP contribution is -2.09. The zero-order valence-electron chi connectivity index (χ0n) is 30.3. The van der Waals surface area contributed by atoms with Crippen molar-refractivity contribution in [1.29, 1.82) is 0 Å². The minimum absolute atomic E-state index is 0.653. The quantitative estimate of drug-likeness (QED) is 0.156. The first-order valence-corrected chi connectivity index (χ1v) is 19.5. The summed E-state index contributed by atoms with van der Waals surface area (Å²) in [7, 11) is 0. The van der Waals surface area contributed by atoms with Gasteiger partial charge in [0.1, 0.15) is 0 Å². The summed E-state index contributed by atoms with van der Waals surface area (Å²) in [6, 6.07) is 72.3. The molecule has 10 rings (SSSR count). The van der Waals surface area contributed by atoms with Gasteiger partial charge in [0, 0.05) is 53.9 Å². The van der Waals surface area contributed by atoms with E-state index in [1.54, 1.807) is 11.3 Å². The topological polar surface area (TPSA) is 41.9 Å². The van der Waals surface area contributed by atoms with Crippen molar-refractivity contribution in [2.24, 2.45) is 0 Å². The van der Waals surface area contributed by atoms with Crippen LogP contribution < -0.4 is 4.90 Å². The normalized spacial score (nSPS) is 11.2. The number of hydrogen-bond acceptors (Lipinski definition) is 5. The number of aromatic nitrogens is 3. The van der Waals surface area contributed by atoms with Gasteiger partial charge >= 0.3 is 0 Å². The van der Waals surface area contributed by atoms with Gasteiger partial charge in [-0.3, -0.25) is 0 Å². The van der Waals surface area contributed by atoms with E-state index in [2.05, 4.69) is 150 Å². The average molecular weight is 735 g/mol. The van der Waals surface area contributed by atoms with Crippen LogP contribution in [0.5, 0.6) is 0 Å². The fourth-order valence-electron chi connectivity index (χ4n) is 7.40. The molecule has 0 unspecified atom stereocenters. The Morgan fingerprint density at radius 1 is 0.321 bits per heavy atom. The maximum absolute atomic E-state index is 5.10. The number of hydrogen-bond donors (Lipinski definition) is 0. The van der Waals surface area contributed by atoms with Gasteiger partial charge in [-0.2, -0.15) is 0 Å². The molecule has 0 aliphatic rings. The Balaban J connectivity index is 1.12. The summed E-state index contributed by atoms with van der Waals surface area (Å²) in [6.45, 7) is 0. The van der Waals surface area contributed by atoms with Crippen molar-refractivity contribution in [3.63, 3.8) is 0 Å². The molecule has 0 amide bonds. The van der Waals surface area contributed by atoms with Crippen LogP contribution in [0.1, 0.15) is 0 Å². The standard InChI is InChI=1S/C51H34N4S/c1-5-15-35(16-6-1)37-27-29-41(30-28-37)55(42-24-13-23-40(33-42)36-17-7-2-8-18-36)43-31-32-44-47(34-43)56-46-26-14-25-45(48(44)46)51-53-49(38-19-9-3-10-20-38)52-50(54-51)39-21-11-4-12-22-39/h1-34H. The average Bonchev–Trinajstić information content (AvgIpc) is 3.66. The molecule has 0 N–H and O–H groups in total. The van der Waals surface area contributed by atoms with Crippen LogP contribution in [0.25, 0.3) is 76.6 Å². The van der Waals surface area contributed by atoms with Gasteiger partial charge in [-0.25, -0.2) is 15.0 Å². The third kappa shape index (κ3) is 6.40. The molecule has 264 valence electrons. The van der Waals surface area contributed by atoms with Crippen LogP contribution in [0, 0.1) is 0 Å². The Kier molecular flexibility index (Phi) is 8.67. The molecule has 0 fully saturated rings. The van der Waals surface area contributed by atoms with E-state index < -0.39 is 0 Å². The van der Waals surface area contributed by atoms with E-state index in [1.807, 2.05) is 60.7 Å². The lowest BCUT2D eigenvalue weighted by molar-refractivity contribution is 1.08. The molecule has 0 saturated carbocycles. The van der Waals surface area contributed by atoms with Gasteiger partial charge in [0.15, 0.2) is 17.5 Å². The van der Waals surface area contributed by atoms with Crippen LogP contribution in [0.4, 0.5) is 17.1 Å². The van der Waals surface area contributed by atoms with Crippen molar-refractivity contribution in [3.05, 3.63) is 206 Å². The molecule has 10 aromatic rings. The van der Waals surface area contributed by atoms with Crippen LogP contribution in [-0.4, -0.2) is 15.0 Å². The summed E-state index contributed by atoms with van der Waals surface area (Å²) in [5.74, 6) is 1.96. The first kappa shape index (κ1) is 33.4. The van der Waals surface area contributed by atoms with E-state index in [-0.39, 0.29) is 0 Å². The molecule has 0 spiro atoms. The summed E-state index contributed by atoms with van der Waals surface area (Å²) < 4.78 is 2.37. The molecule has 0 aliphatic heterocycles. The number of fused-ring (bicyclic) bond motifs is 3. The van der Waals surface area contributed by atoms with E-state index in [9.17, 15) is 0 Å². The van der Waals surface area contributed by atoms with E-state index in [4.69, 9.17) is 15.0 Å². The Morgan fingerprint density at radius 2 is 0.804 bits per heavy atom. The molecule has 0 saturated heterocycles. The number of nitrogens with zero attached hydrogens (tertiary/aromatic N) is 4. The lowest BCUT2D eigenvalue weighted by atomic mass is 10.0. The summed E-state index contributed by atoms with van der Waals surface area (Å²) in [4.78, 5) is 17.5. The SMILES string of the molecule is c1ccc(-c2ccc(N(c3cccc(-c4ccccc4)c3)c3ccc4c(c3)sc3cccc(-c5nc(-c6ccccc6)nc(-c6ccccc6)n5)c34)cc2)cc1. The summed E-state index contributed by atoms with van der Waals surface area (Å²) >= 11 is 1.80. The third-order valence-corrected chi connectivity index (χ3v) is 11.2. The number of thiophene rings is 1. The highest BCUT2D eigenvalue weighted by molar-refractivity contribution is 7.26. The number of benzene rings is 8. The van der Waals surface area contributed by atoms with Gasteiger partial charge in [-0.05, 0) is 64.7 Å². The third-order valence-electron chi connectivity index (χ3n) is 10.1. The second kappa shape index (κ2) is 14.6. The molecule has 0 bridgehead atoms. The minimum Gasteiger partial charge on any atom is -0.310 e. The Morgan fingerprint density at radius 3 is 1.43 bits per heavy atom. The fraction of sp³-hybridized carbons (Fsp3) is 0. The van der Waals surface area contributed by atoms with Gasteiger partial charge in [0.05, 0.1) is 0 Å². The number of anilines is 3. The van der Waals surface area contributed by atoms with Gasteiger partial charge < -0.3 is 4.90 Å². The van der Waals surface area contributed by atoms with Gasteiger partial charge in [0.2, 0.25) is 0 Å². The van der Waals surface area contributed by atoms with Gasteiger partial charge in [0.25, 0.3) is 0 Å². The summed E-state index contributed by atoms with van der Waals surface area (Å²) in [5, 5.41) is 2.32. The van der Waals surface area contributed by atoms with Crippen molar-refractivity contribution in [1.82, 2.24) is 15.0 Å². The highest BCUT2D eigenvalue weighted by Crippen LogP contribution is 2.44. The van der Waals surface area contributed by atoms with Crippen molar-refractivity contribution in [2.45, 2.75) is 0 Å². The Labute approximate surface area is 329 Å². The van der Waals surface area contributed by atoms with Crippen LogP contribution in [0.3, 0.4) is 0 Å². The maximum atomic E-state index is 5.10. The molecule has 0 atom stereocenters. The molecular weight excluding hydrogens is 701 g/mol. The van der Waals surface area contributed by atoms with Gasteiger partial charge in [-0.1, -0.05) is 164 Å². The molecule has 8 aromatic carbocycles. The van der Waals surface area contributed by atoms with E-state index in [0.717, 1.165) is 39.1 Å². The maximum Gasteiger partial charge on any atom is 0.164 e. The smallest absolute Gasteiger partial charge is 0.164 e. The van der Waals surface area contributed by atoms with E-state index >= 15 is 0 Å². The van der Waals surface area contributed by atoms with E-state index in [0.29, 0.717) is 17.5 Å². The summed E-state index contributed by atoms with van der Waals surface area (Å²) in [5.41, 5.74) is 10.9. The highest BCUT2D eigenvalue weighted by atomic mass is 32.1. The fourth-order valence-corrected chi connectivity index (χ4v) is 8.57. The molecule has 0 aliphatic carbocycles. The second-order valence-corrected chi connectivity index (χ2v) is 14.7. The van der Waals surface area contributed by atoms with Crippen molar-refractivity contribution in [3.8, 4) is 56.4 Å². The zero-order chi connectivity index (χ0) is 37.3. The molecule has 2 aromatic heterocycles. The first-order valence-electron chi connectivity index (χ1n) is 18.7. The predicted octanol–water partition coefficient (Wildman–Crippen LogP) is 14.0. The molecule has 0 radical (unpaired) electrons. The largest absolute Gasteiger partial charge is 0.310 e. The van der Waals surface area contributed by atoms with Crippen LogP contribution in [0.2, 0.25) is 0 Å². The minimum atomic E-state index is 0.653. The van der Waals surface area contributed by atoms with Crippen LogP contribution in [-0.2, 0) is 0 Å². The van der Waals surface area contributed by atoms with E-state index in [1.165, 1.54) is 37.0 Å². The molecule has 2 heterocycles. The Hall–Kier alpha value is -7.21.